The third kappa shape index (κ3) is 6.48. The van der Waals surface area contributed by atoms with Crippen molar-refractivity contribution in [1.29, 1.82) is 0 Å². The summed E-state index contributed by atoms with van der Waals surface area (Å²) in [5.41, 5.74) is 1.53. The van der Waals surface area contributed by atoms with Crippen LogP contribution in [0.5, 0.6) is 0 Å². The van der Waals surface area contributed by atoms with Crippen molar-refractivity contribution in [3.63, 3.8) is 0 Å². The molecule has 1 heterocycles. The molecule has 30 heavy (non-hydrogen) atoms. The van der Waals surface area contributed by atoms with Crippen molar-refractivity contribution in [1.82, 2.24) is 4.90 Å². The molecule has 0 aliphatic carbocycles. The number of carbonyl (C=O) groups is 2. The van der Waals surface area contributed by atoms with E-state index in [4.69, 9.17) is 12.2 Å². The van der Waals surface area contributed by atoms with E-state index in [0.717, 1.165) is 22.9 Å². The number of benzene rings is 2. The quantitative estimate of drug-likeness (QED) is 0.271. The molecule has 0 spiro atoms. The second-order valence-electron chi connectivity index (χ2n) is 6.75. The van der Waals surface area contributed by atoms with Crippen LogP contribution in [0.25, 0.3) is 6.08 Å². The van der Waals surface area contributed by atoms with Crippen molar-refractivity contribution in [3.8, 4) is 0 Å². The van der Waals surface area contributed by atoms with Gasteiger partial charge >= 0.3 is 0 Å². The van der Waals surface area contributed by atoms with E-state index in [9.17, 15) is 14.0 Å². The van der Waals surface area contributed by atoms with Gasteiger partial charge in [-0.1, -0.05) is 58.5 Å². The summed E-state index contributed by atoms with van der Waals surface area (Å²) in [6, 6.07) is 13.4. The topological polar surface area (TPSA) is 49.4 Å². The molecular formula is C22H20BrFN2O2S2. The number of hydrogen-bond acceptors (Lipinski definition) is 4. The molecule has 1 N–H and O–H groups in total. The summed E-state index contributed by atoms with van der Waals surface area (Å²) >= 11 is 10.1. The van der Waals surface area contributed by atoms with Crippen LogP contribution in [0.1, 0.15) is 31.2 Å². The van der Waals surface area contributed by atoms with Gasteiger partial charge in [0.05, 0.1) is 4.91 Å². The summed E-state index contributed by atoms with van der Waals surface area (Å²) in [6.45, 7) is 0.544. The highest BCUT2D eigenvalue weighted by atomic mass is 79.9. The number of amides is 2. The lowest BCUT2D eigenvalue weighted by atomic mass is 10.1. The third-order valence-corrected chi connectivity index (χ3v) is 6.36. The Bertz CT molecular complexity index is 962. The smallest absolute Gasteiger partial charge is 0.266 e. The molecule has 3 rings (SSSR count). The largest absolute Gasteiger partial charge is 0.326 e. The summed E-state index contributed by atoms with van der Waals surface area (Å²) in [7, 11) is 0. The van der Waals surface area contributed by atoms with Gasteiger partial charge in [-0.05, 0) is 60.9 Å². The normalized spacial score (nSPS) is 15.1. The molecule has 1 aliphatic rings. The van der Waals surface area contributed by atoms with E-state index in [1.807, 2.05) is 30.3 Å². The highest BCUT2D eigenvalue weighted by Crippen LogP contribution is 2.33. The molecule has 0 radical (unpaired) electrons. The van der Waals surface area contributed by atoms with Crippen LogP contribution in [-0.2, 0) is 9.59 Å². The fraction of sp³-hybridized carbons (Fsp3) is 0.227. The van der Waals surface area contributed by atoms with Gasteiger partial charge in [-0.3, -0.25) is 14.5 Å². The predicted octanol–water partition coefficient (Wildman–Crippen LogP) is 5.99. The second-order valence-corrected chi connectivity index (χ2v) is 9.34. The minimum absolute atomic E-state index is 0.0676. The molecule has 156 valence electrons. The Labute approximate surface area is 193 Å². The van der Waals surface area contributed by atoms with Gasteiger partial charge in [0.15, 0.2) is 0 Å². The Balaban J connectivity index is 1.40. The van der Waals surface area contributed by atoms with Gasteiger partial charge in [0.2, 0.25) is 5.91 Å². The van der Waals surface area contributed by atoms with Crippen LogP contribution in [0.15, 0.2) is 57.9 Å². The lowest BCUT2D eigenvalue weighted by molar-refractivity contribution is -0.122. The monoisotopic (exact) mass is 506 g/mol. The average Bonchev–Trinajstić information content (AvgIpc) is 2.98. The number of anilines is 1. The summed E-state index contributed by atoms with van der Waals surface area (Å²) < 4.78 is 14.4. The van der Waals surface area contributed by atoms with Crippen molar-refractivity contribution in [3.05, 3.63) is 69.3 Å². The molecule has 1 saturated heterocycles. The Hall–Kier alpha value is -2.03. The molecule has 2 aromatic carbocycles. The van der Waals surface area contributed by atoms with E-state index >= 15 is 0 Å². The maximum Gasteiger partial charge on any atom is 0.266 e. The number of thioether (sulfide) groups is 1. The number of nitrogens with one attached hydrogen (secondary N) is 1. The van der Waals surface area contributed by atoms with Crippen LogP contribution >= 0.6 is 39.9 Å². The molecule has 4 nitrogen and oxygen atoms in total. The van der Waals surface area contributed by atoms with Crippen molar-refractivity contribution in [2.24, 2.45) is 0 Å². The number of nitrogens with zero attached hydrogens (tertiary/aromatic N) is 1. The minimum atomic E-state index is -0.338. The minimum Gasteiger partial charge on any atom is -0.326 e. The predicted molar refractivity (Wildman–Crippen MR) is 128 cm³/mol. The van der Waals surface area contributed by atoms with E-state index in [-0.39, 0.29) is 17.6 Å². The van der Waals surface area contributed by atoms with E-state index in [0.29, 0.717) is 34.3 Å². The molecule has 0 aromatic heterocycles. The molecular weight excluding hydrogens is 487 g/mol. The van der Waals surface area contributed by atoms with Gasteiger partial charge in [0.1, 0.15) is 10.1 Å². The maximum atomic E-state index is 12.9. The molecule has 0 bridgehead atoms. The zero-order chi connectivity index (χ0) is 21.5. The molecule has 2 aromatic rings. The van der Waals surface area contributed by atoms with Gasteiger partial charge in [-0.2, -0.15) is 0 Å². The number of rotatable bonds is 8. The summed E-state index contributed by atoms with van der Waals surface area (Å²) in [6.07, 6.45) is 4.50. The number of hydrogen-bond donors (Lipinski definition) is 1. The molecule has 0 unspecified atom stereocenters. The first-order chi connectivity index (χ1) is 14.4. The van der Waals surface area contributed by atoms with E-state index in [1.54, 1.807) is 4.90 Å². The van der Waals surface area contributed by atoms with Gasteiger partial charge in [0.25, 0.3) is 5.91 Å². The molecule has 0 atom stereocenters. The van der Waals surface area contributed by atoms with Gasteiger partial charge in [-0.25, -0.2) is 4.39 Å². The summed E-state index contributed by atoms with van der Waals surface area (Å²) in [5.74, 6) is -0.512. The van der Waals surface area contributed by atoms with E-state index in [2.05, 4.69) is 21.2 Å². The van der Waals surface area contributed by atoms with Crippen molar-refractivity contribution >= 4 is 67.8 Å². The first-order valence-electron chi connectivity index (χ1n) is 9.49. The molecule has 1 aliphatic heterocycles. The average molecular weight is 507 g/mol. The first-order valence-corrected chi connectivity index (χ1v) is 11.5. The van der Waals surface area contributed by atoms with Crippen LogP contribution < -0.4 is 5.32 Å². The summed E-state index contributed by atoms with van der Waals surface area (Å²) in [5, 5.41) is 2.74. The number of carbonyl (C=O) groups excluding carboxylic acids is 2. The maximum absolute atomic E-state index is 12.9. The van der Waals surface area contributed by atoms with Gasteiger partial charge < -0.3 is 5.32 Å². The second kappa shape index (κ2) is 10.8. The standard InChI is InChI=1S/C22H20BrFN2O2S2/c23-16-7-5-15(6-8-16)14-19-21(28)26(22(29)30-19)13-3-1-2-4-20(27)25-18-11-9-17(24)10-12-18/h5-12,14H,1-4,13H2,(H,25,27)/b19-14-. The number of unbranched alkanes of at least 4 members (excludes halogenated alkanes) is 2. The Morgan fingerprint density at radius 1 is 1.10 bits per heavy atom. The molecule has 1 fully saturated rings. The first kappa shape index (κ1) is 22.7. The Kier molecular flexibility index (Phi) is 8.18. The lowest BCUT2D eigenvalue weighted by Gasteiger charge is -2.14. The van der Waals surface area contributed by atoms with Crippen LogP contribution in [-0.4, -0.2) is 27.6 Å². The lowest BCUT2D eigenvalue weighted by Crippen LogP contribution is -2.29. The van der Waals surface area contributed by atoms with E-state index < -0.39 is 0 Å². The number of thiocarbonyl (C=S) groups is 1. The Morgan fingerprint density at radius 2 is 1.80 bits per heavy atom. The number of halogens is 2. The van der Waals surface area contributed by atoms with Gasteiger partial charge in [0, 0.05) is 23.1 Å². The fourth-order valence-electron chi connectivity index (χ4n) is 2.89. The van der Waals surface area contributed by atoms with Crippen molar-refractivity contribution in [2.45, 2.75) is 25.7 Å². The molecule has 8 heteroatoms. The third-order valence-electron chi connectivity index (χ3n) is 4.45. The highest BCUT2D eigenvalue weighted by molar-refractivity contribution is 9.10. The van der Waals surface area contributed by atoms with Crippen LogP contribution in [0, 0.1) is 5.82 Å². The van der Waals surface area contributed by atoms with Crippen LogP contribution in [0.2, 0.25) is 0 Å². The Morgan fingerprint density at radius 3 is 2.50 bits per heavy atom. The SMILES string of the molecule is O=C(CCCCCN1C(=O)/C(=C/c2ccc(Br)cc2)SC1=S)Nc1ccc(F)cc1. The van der Waals surface area contributed by atoms with Crippen LogP contribution in [0.3, 0.4) is 0 Å². The zero-order valence-corrected chi connectivity index (χ0v) is 19.3. The summed E-state index contributed by atoms with van der Waals surface area (Å²) in [4.78, 5) is 26.8. The highest BCUT2D eigenvalue weighted by Gasteiger charge is 2.31. The molecule has 0 saturated carbocycles. The zero-order valence-electron chi connectivity index (χ0n) is 16.1. The van der Waals surface area contributed by atoms with Crippen molar-refractivity contribution < 1.29 is 14.0 Å². The fourth-order valence-corrected chi connectivity index (χ4v) is 4.47. The van der Waals surface area contributed by atoms with Crippen molar-refractivity contribution in [2.75, 3.05) is 11.9 Å². The molecule has 2 amide bonds. The van der Waals surface area contributed by atoms with Crippen LogP contribution in [0.4, 0.5) is 10.1 Å². The van der Waals surface area contributed by atoms with E-state index in [1.165, 1.54) is 36.0 Å². The van der Waals surface area contributed by atoms with Gasteiger partial charge in [-0.15, -0.1) is 0 Å².